The van der Waals surface area contributed by atoms with Crippen molar-refractivity contribution in [3.8, 4) is 0 Å². The Hall–Kier alpha value is -0.0800. The van der Waals surface area contributed by atoms with Crippen LogP contribution in [0.15, 0.2) is 0 Å². The molecule has 2 rings (SSSR count). The van der Waals surface area contributed by atoms with Gasteiger partial charge in [0.15, 0.2) is 5.79 Å². The zero-order valence-electron chi connectivity index (χ0n) is 8.55. The number of ether oxygens (including phenoxy) is 2. The number of hydrogen-bond donors (Lipinski definition) is 0. The number of hydrogen-bond acceptors (Lipinski definition) is 2. The first kappa shape index (κ1) is 9.47. The van der Waals surface area contributed by atoms with E-state index in [0.29, 0.717) is 5.92 Å². The van der Waals surface area contributed by atoms with Crippen LogP contribution in [-0.4, -0.2) is 19.0 Å². The predicted molar refractivity (Wildman–Crippen MR) is 51.5 cm³/mol. The van der Waals surface area contributed by atoms with Gasteiger partial charge in [0, 0.05) is 12.3 Å². The Morgan fingerprint density at radius 1 is 1.15 bits per heavy atom. The molecule has 2 atom stereocenters. The van der Waals surface area contributed by atoms with Crippen molar-refractivity contribution in [2.45, 2.75) is 51.2 Å². The fraction of sp³-hybridized carbons (Fsp3) is 1.00. The van der Waals surface area contributed by atoms with Gasteiger partial charge < -0.3 is 9.47 Å². The molecule has 1 spiro atoms. The molecule has 0 N–H and O–H groups in total. The van der Waals surface area contributed by atoms with Crippen LogP contribution < -0.4 is 0 Å². The highest BCUT2D eigenvalue weighted by Gasteiger charge is 2.43. The monoisotopic (exact) mass is 184 g/mol. The lowest BCUT2D eigenvalue weighted by Gasteiger charge is -2.45. The van der Waals surface area contributed by atoms with Crippen LogP contribution in [0.4, 0.5) is 0 Å². The molecule has 2 nitrogen and oxygen atoms in total. The van der Waals surface area contributed by atoms with Crippen molar-refractivity contribution in [1.82, 2.24) is 0 Å². The van der Waals surface area contributed by atoms with Gasteiger partial charge in [0.25, 0.3) is 0 Å². The summed E-state index contributed by atoms with van der Waals surface area (Å²) >= 11 is 0. The highest BCUT2D eigenvalue weighted by atomic mass is 16.7. The van der Waals surface area contributed by atoms with E-state index < -0.39 is 0 Å². The molecule has 0 radical (unpaired) electrons. The highest BCUT2D eigenvalue weighted by molar-refractivity contribution is 4.84. The van der Waals surface area contributed by atoms with Gasteiger partial charge in [-0.3, -0.25) is 0 Å². The Balaban J connectivity index is 2.06. The molecule has 0 bridgehead atoms. The quantitative estimate of drug-likeness (QED) is 0.624. The molecule has 0 aromatic rings. The Kier molecular flexibility index (Phi) is 2.89. The van der Waals surface area contributed by atoms with Gasteiger partial charge in [-0.1, -0.05) is 6.92 Å². The minimum absolute atomic E-state index is 0.175. The van der Waals surface area contributed by atoms with Crippen molar-refractivity contribution in [3.63, 3.8) is 0 Å². The maximum atomic E-state index is 5.89. The predicted octanol–water partition coefficient (Wildman–Crippen LogP) is 2.72. The van der Waals surface area contributed by atoms with Gasteiger partial charge in [0.2, 0.25) is 0 Å². The zero-order valence-corrected chi connectivity index (χ0v) is 8.55. The lowest BCUT2D eigenvalue weighted by molar-refractivity contribution is -0.300. The van der Waals surface area contributed by atoms with E-state index in [9.17, 15) is 0 Å². The van der Waals surface area contributed by atoms with E-state index in [1.807, 2.05) is 0 Å². The van der Waals surface area contributed by atoms with Gasteiger partial charge in [-0.2, -0.15) is 0 Å². The summed E-state index contributed by atoms with van der Waals surface area (Å²) in [7, 11) is 0. The molecule has 2 saturated heterocycles. The molecule has 0 aromatic carbocycles. The lowest BCUT2D eigenvalue weighted by Crippen LogP contribution is -2.48. The standard InChI is InChI=1S/C11H20O2/c1-2-10-6-5-9-13-11(10)7-3-4-8-12-11/h10H,2-9H2,1H3. The summed E-state index contributed by atoms with van der Waals surface area (Å²) < 4.78 is 11.8. The largest absolute Gasteiger partial charge is 0.350 e. The fourth-order valence-electron chi connectivity index (χ4n) is 2.65. The van der Waals surface area contributed by atoms with Gasteiger partial charge in [0.1, 0.15) is 0 Å². The normalized spacial score (nSPS) is 40.8. The van der Waals surface area contributed by atoms with Crippen molar-refractivity contribution < 1.29 is 9.47 Å². The highest BCUT2D eigenvalue weighted by Crippen LogP contribution is 2.40. The summed E-state index contributed by atoms with van der Waals surface area (Å²) in [5.74, 6) is 0.465. The molecule has 2 heterocycles. The summed E-state index contributed by atoms with van der Waals surface area (Å²) in [6.45, 7) is 4.05. The molecule has 13 heavy (non-hydrogen) atoms. The molecule has 0 amide bonds. The molecule has 2 heteroatoms. The Labute approximate surface area is 80.6 Å². The van der Waals surface area contributed by atoms with Crippen LogP contribution in [0.3, 0.4) is 0 Å². The maximum absolute atomic E-state index is 5.89. The maximum Gasteiger partial charge on any atom is 0.171 e. The van der Waals surface area contributed by atoms with E-state index in [1.165, 1.54) is 32.1 Å². The SMILES string of the molecule is CCC1CCCOC12CCCCO2. The minimum atomic E-state index is -0.175. The second-order valence-electron chi connectivity index (χ2n) is 4.21. The van der Waals surface area contributed by atoms with E-state index >= 15 is 0 Å². The van der Waals surface area contributed by atoms with Gasteiger partial charge in [-0.15, -0.1) is 0 Å². The van der Waals surface area contributed by atoms with Gasteiger partial charge in [0.05, 0.1) is 13.2 Å². The summed E-state index contributed by atoms with van der Waals surface area (Å²) in [6, 6.07) is 0. The molecular weight excluding hydrogens is 164 g/mol. The number of rotatable bonds is 1. The van der Waals surface area contributed by atoms with E-state index in [4.69, 9.17) is 9.47 Å². The lowest BCUT2D eigenvalue weighted by atomic mass is 9.84. The van der Waals surface area contributed by atoms with Crippen LogP contribution in [0.1, 0.15) is 45.4 Å². The van der Waals surface area contributed by atoms with Crippen LogP contribution in [-0.2, 0) is 9.47 Å². The topological polar surface area (TPSA) is 18.5 Å². The van der Waals surface area contributed by atoms with Gasteiger partial charge in [-0.25, -0.2) is 0 Å². The molecule has 2 aliphatic heterocycles. The van der Waals surface area contributed by atoms with Crippen LogP contribution in [0.5, 0.6) is 0 Å². The first-order valence-corrected chi connectivity index (χ1v) is 5.65. The summed E-state index contributed by atoms with van der Waals surface area (Å²) in [5, 5.41) is 0. The average molecular weight is 184 g/mol. The first-order valence-electron chi connectivity index (χ1n) is 5.65. The Bertz CT molecular complexity index is 153. The molecule has 2 unspecified atom stereocenters. The summed E-state index contributed by atoms with van der Waals surface area (Å²) in [6.07, 6.45) is 7.30. The molecule has 0 saturated carbocycles. The third-order valence-corrected chi connectivity index (χ3v) is 3.42. The van der Waals surface area contributed by atoms with Gasteiger partial charge >= 0.3 is 0 Å². The van der Waals surface area contributed by atoms with Gasteiger partial charge in [-0.05, 0) is 32.1 Å². The third kappa shape index (κ3) is 1.75. The third-order valence-electron chi connectivity index (χ3n) is 3.42. The minimum Gasteiger partial charge on any atom is -0.350 e. The van der Waals surface area contributed by atoms with E-state index in [0.717, 1.165) is 19.6 Å². The molecule has 2 aliphatic rings. The molecule has 0 aliphatic carbocycles. The summed E-state index contributed by atoms with van der Waals surface area (Å²) in [5.41, 5.74) is 0. The summed E-state index contributed by atoms with van der Waals surface area (Å²) in [4.78, 5) is 0. The van der Waals surface area contributed by atoms with Crippen LogP contribution in [0.25, 0.3) is 0 Å². The molecule has 0 aromatic heterocycles. The van der Waals surface area contributed by atoms with Crippen molar-refractivity contribution in [2.24, 2.45) is 5.92 Å². The zero-order chi connectivity index (χ0) is 9.15. The van der Waals surface area contributed by atoms with Crippen LogP contribution in [0.2, 0.25) is 0 Å². The Morgan fingerprint density at radius 2 is 1.92 bits per heavy atom. The second-order valence-corrected chi connectivity index (χ2v) is 4.21. The Morgan fingerprint density at radius 3 is 2.54 bits per heavy atom. The smallest absolute Gasteiger partial charge is 0.171 e. The van der Waals surface area contributed by atoms with Crippen LogP contribution in [0, 0.1) is 5.92 Å². The van der Waals surface area contributed by atoms with Crippen molar-refractivity contribution in [3.05, 3.63) is 0 Å². The van der Waals surface area contributed by atoms with Crippen molar-refractivity contribution in [1.29, 1.82) is 0 Å². The van der Waals surface area contributed by atoms with E-state index in [-0.39, 0.29) is 5.79 Å². The second kappa shape index (κ2) is 3.97. The molecule has 76 valence electrons. The van der Waals surface area contributed by atoms with E-state index in [2.05, 4.69) is 6.92 Å². The average Bonchev–Trinajstić information content (AvgIpc) is 2.20. The molecule has 2 fully saturated rings. The fourth-order valence-corrected chi connectivity index (χ4v) is 2.65. The van der Waals surface area contributed by atoms with Crippen molar-refractivity contribution in [2.75, 3.05) is 13.2 Å². The van der Waals surface area contributed by atoms with Crippen molar-refractivity contribution >= 4 is 0 Å². The van der Waals surface area contributed by atoms with Crippen LogP contribution >= 0.6 is 0 Å². The van der Waals surface area contributed by atoms with E-state index in [1.54, 1.807) is 0 Å². The first-order chi connectivity index (χ1) is 6.37. The molecular formula is C11H20O2.